The second-order valence-electron chi connectivity index (χ2n) is 3.95. The van der Waals surface area contributed by atoms with E-state index in [1.807, 2.05) is 17.8 Å². The Labute approximate surface area is 103 Å². The predicted octanol–water partition coefficient (Wildman–Crippen LogP) is 2.79. The highest BCUT2D eigenvalue weighted by Gasteiger charge is 2.06. The van der Waals surface area contributed by atoms with Crippen LogP contribution < -0.4 is 5.73 Å². The summed E-state index contributed by atoms with van der Waals surface area (Å²) in [5.41, 5.74) is 9.20. The molecule has 86 valence electrons. The van der Waals surface area contributed by atoms with Crippen LogP contribution in [0.4, 0.5) is 0 Å². The van der Waals surface area contributed by atoms with Gasteiger partial charge in [-0.3, -0.25) is 0 Å². The average molecular weight is 243 g/mol. The molecule has 0 bridgehead atoms. The van der Waals surface area contributed by atoms with E-state index in [1.165, 1.54) is 10.9 Å². The second kappa shape index (κ2) is 4.31. The van der Waals surface area contributed by atoms with E-state index in [9.17, 15) is 0 Å². The van der Waals surface area contributed by atoms with Crippen molar-refractivity contribution in [2.45, 2.75) is 6.42 Å². The molecule has 3 N–H and O–H groups in total. The van der Waals surface area contributed by atoms with Crippen LogP contribution in [0.15, 0.2) is 36.0 Å². The second-order valence-corrected chi connectivity index (χ2v) is 4.84. The van der Waals surface area contributed by atoms with E-state index < -0.39 is 0 Å². The van der Waals surface area contributed by atoms with E-state index in [0.29, 0.717) is 6.54 Å². The highest BCUT2D eigenvalue weighted by Crippen LogP contribution is 2.27. The van der Waals surface area contributed by atoms with Crippen molar-refractivity contribution < 1.29 is 0 Å². The maximum atomic E-state index is 5.60. The maximum Gasteiger partial charge on any atom is 0.123 e. The van der Waals surface area contributed by atoms with Gasteiger partial charge in [0.1, 0.15) is 5.01 Å². The summed E-state index contributed by atoms with van der Waals surface area (Å²) < 4.78 is 0. The molecule has 0 aliphatic rings. The van der Waals surface area contributed by atoms with Crippen molar-refractivity contribution in [1.29, 1.82) is 0 Å². The third-order valence-corrected chi connectivity index (χ3v) is 3.68. The number of nitrogens with one attached hydrogen (secondary N) is 1. The summed E-state index contributed by atoms with van der Waals surface area (Å²) >= 11 is 1.66. The van der Waals surface area contributed by atoms with Crippen LogP contribution in [-0.2, 0) is 6.42 Å². The van der Waals surface area contributed by atoms with Gasteiger partial charge in [0.15, 0.2) is 0 Å². The molecule has 0 saturated carbocycles. The SMILES string of the molecule is NCCc1c[nH]c2cc(-c3nccs3)ccc12. The molecule has 17 heavy (non-hydrogen) atoms. The number of H-pyrrole nitrogens is 1. The minimum atomic E-state index is 0.682. The normalized spacial score (nSPS) is 11.1. The van der Waals surface area contributed by atoms with Crippen LogP contribution in [0.25, 0.3) is 21.5 Å². The summed E-state index contributed by atoms with van der Waals surface area (Å²) in [5, 5.41) is 4.31. The number of aromatic nitrogens is 2. The first-order valence-electron chi connectivity index (χ1n) is 5.58. The zero-order valence-electron chi connectivity index (χ0n) is 9.31. The van der Waals surface area contributed by atoms with Crippen LogP contribution in [0, 0.1) is 0 Å². The minimum Gasteiger partial charge on any atom is -0.361 e. The van der Waals surface area contributed by atoms with Crippen LogP contribution in [0.5, 0.6) is 0 Å². The monoisotopic (exact) mass is 243 g/mol. The molecule has 2 aromatic heterocycles. The summed E-state index contributed by atoms with van der Waals surface area (Å²) in [7, 11) is 0. The van der Waals surface area contributed by atoms with Crippen molar-refractivity contribution in [3.05, 3.63) is 41.5 Å². The zero-order valence-corrected chi connectivity index (χ0v) is 10.1. The number of aromatic amines is 1. The maximum absolute atomic E-state index is 5.60. The van der Waals surface area contributed by atoms with E-state index in [-0.39, 0.29) is 0 Å². The lowest BCUT2D eigenvalue weighted by Crippen LogP contribution is -2.01. The Hall–Kier alpha value is -1.65. The molecule has 0 saturated heterocycles. The number of nitrogens with two attached hydrogens (primary N) is 1. The van der Waals surface area contributed by atoms with E-state index in [4.69, 9.17) is 5.73 Å². The molecule has 0 amide bonds. The van der Waals surface area contributed by atoms with Crippen molar-refractivity contribution in [2.24, 2.45) is 5.73 Å². The topological polar surface area (TPSA) is 54.7 Å². The van der Waals surface area contributed by atoms with Gasteiger partial charge in [0, 0.05) is 34.2 Å². The Bertz CT molecular complexity index is 625. The van der Waals surface area contributed by atoms with Gasteiger partial charge >= 0.3 is 0 Å². The molecule has 3 aromatic rings. The van der Waals surface area contributed by atoms with Crippen molar-refractivity contribution >= 4 is 22.2 Å². The number of fused-ring (bicyclic) bond motifs is 1. The summed E-state index contributed by atoms with van der Waals surface area (Å²) in [4.78, 5) is 7.62. The van der Waals surface area contributed by atoms with E-state index >= 15 is 0 Å². The van der Waals surface area contributed by atoms with E-state index in [0.717, 1.165) is 22.5 Å². The minimum absolute atomic E-state index is 0.682. The third kappa shape index (κ3) is 1.85. The highest BCUT2D eigenvalue weighted by atomic mass is 32.1. The summed E-state index contributed by atoms with van der Waals surface area (Å²) in [5.74, 6) is 0. The Balaban J connectivity index is 2.09. The van der Waals surface area contributed by atoms with E-state index in [2.05, 4.69) is 28.2 Å². The van der Waals surface area contributed by atoms with Crippen molar-refractivity contribution in [2.75, 3.05) is 6.54 Å². The summed E-state index contributed by atoms with van der Waals surface area (Å²) in [6.07, 6.45) is 4.79. The Morgan fingerprint density at radius 3 is 3.06 bits per heavy atom. The van der Waals surface area contributed by atoms with Crippen molar-refractivity contribution in [3.8, 4) is 10.6 Å². The van der Waals surface area contributed by atoms with Gasteiger partial charge in [-0.2, -0.15) is 0 Å². The fourth-order valence-electron chi connectivity index (χ4n) is 2.05. The lowest BCUT2D eigenvalue weighted by Gasteiger charge is -1.99. The first kappa shape index (κ1) is 10.5. The number of rotatable bonds is 3. The number of hydrogen-bond acceptors (Lipinski definition) is 3. The molecule has 4 heteroatoms. The van der Waals surface area contributed by atoms with Gasteiger partial charge in [-0.15, -0.1) is 11.3 Å². The number of nitrogens with zero attached hydrogens (tertiary/aromatic N) is 1. The van der Waals surface area contributed by atoms with Gasteiger partial charge in [-0.05, 0) is 24.6 Å². The van der Waals surface area contributed by atoms with Gasteiger partial charge in [-0.25, -0.2) is 4.98 Å². The Morgan fingerprint density at radius 1 is 1.35 bits per heavy atom. The van der Waals surface area contributed by atoms with Gasteiger partial charge in [0.2, 0.25) is 0 Å². The largest absolute Gasteiger partial charge is 0.361 e. The molecular weight excluding hydrogens is 230 g/mol. The highest BCUT2D eigenvalue weighted by molar-refractivity contribution is 7.13. The van der Waals surface area contributed by atoms with Gasteiger partial charge in [0.25, 0.3) is 0 Å². The molecule has 0 spiro atoms. The lowest BCUT2D eigenvalue weighted by molar-refractivity contribution is 0.976. The molecular formula is C13H13N3S. The first-order chi connectivity index (χ1) is 8.38. The predicted molar refractivity (Wildman–Crippen MR) is 72.2 cm³/mol. The summed E-state index contributed by atoms with van der Waals surface area (Å²) in [6, 6.07) is 6.41. The first-order valence-corrected chi connectivity index (χ1v) is 6.46. The van der Waals surface area contributed by atoms with Crippen LogP contribution in [0.3, 0.4) is 0 Å². The zero-order chi connectivity index (χ0) is 11.7. The standard InChI is InChI=1S/C13H13N3S/c14-4-3-10-8-16-12-7-9(1-2-11(10)12)13-15-5-6-17-13/h1-2,5-8,16H,3-4,14H2. The molecule has 0 fully saturated rings. The van der Waals surface area contributed by atoms with E-state index in [1.54, 1.807) is 11.3 Å². The molecule has 3 nitrogen and oxygen atoms in total. The molecule has 2 heterocycles. The third-order valence-electron chi connectivity index (χ3n) is 2.86. The van der Waals surface area contributed by atoms with Crippen LogP contribution >= 0.6 is 11.3 Å². The smallest absolute Gasteiger partial charge is 0.123 e. The molecule has 0 aliphatic carbocycles. The molecule has 1 aromatic carbocycles. The fraction of sp³-hybridized carbons (Fsp3) is 0.154. The summed E-state index contributed by atoms with van der Waals surface area (Å²) in [6.45, 7) is 0.682. The molecule has 0 aliphatic heterocycles. The van der Waals surface area contributed by atoms with Crippen LogP contribution in [-0.4, -0.2) is 16.5 Å². The Kier molecular flexibility index (Phi) is 2.66. The fourth-order valence-corrected chi connectivity index (χ4v) is 2.68. The lowest BCUT2D eigenvalue weighted by atomic mass is 10.1. The number of benzene rings is 1. The van der Waals surface area contributed by atoms with Gasteiger partial charge in [0.05, 0.1) is 0 Å². The van der Waals surface area contributed by atoms with Crippen molar-refractivity contribution in [3.63, 3.8) is 0 Å². The van der Waals surface area contributed by atoms with Crippen molar-refractivity contribution in [1.82, 2.24) is 9.97 Å². The number of hydrogen-bond donors (Lipinski definition) is 2. The molecule has 3 rings (SSSR count). The van der Waals surface area contributed by atoms with Crippen LogP contribution in [0.2, 0.25) is 0 Å². The quantitative estimate of drug-likeness (QED) is 0.743. The molecule has 0 unspecified atom stereocenters. The average Bonchev–Trinajstić information content (AvgIpc) is 2.98. The molecule has 0 radical (unpaired) electrons. The van der Waals surface area contributed by atoms with Crippen LogP contribution in [0.1, 0.15) is 5.56 Å². The number of thiazole rings is 1. The Morgan fingerprint density at radius 2 is 2.29 bits per heavy atom. The van der Waals surface area contributed by atoms with Gasteiger partial charge in [-0.1, -0.05) is 12.1 Å². The van der Waals surface area contributed by atoms with Gasteiger partial charge < -0.3 is 10.7 Å². The molecule has 0 atom stereocenters.